The maximum atomic E-state index is 12.3. The van der Waals surface area contributed by atoms with Crippen molar-refractivity contribution in [1.29, 1.82) is 0 Å². The normalized spacial score (nSPS) is 19.5. The van der Waals surface area contributed by atoms with Gasteiger partial charge >= 0.3 is 0 Å². The van der Waals surface area contributed by atoms with Crippen molar-refractivity contribution in [2.45, 2.75) is 39.0 Å². The quantitative estimate of drug-likeness (QED) is 0.842. The molecule has 0 unspecified atom stereocenters. The van der Waals surface area contributed by atoms with Gasteiger partial charge in [0.05, 0.1) is 24.9 Å². The van der Waals surface area contributed by atoms with E-state index in [2.05, 4.69) is 44.5 Å². The molecule has 0 bridgehead atoms. The van der Waals surface area contributed by atoms with Crippen molar-refractivity contribution in [2.75, 3.05) is 19.7 Å². The molecule has 0 spiro atoms. The fourth-order valence-electron chi connectivity index (χ4n) is 3.05. The van der Waals surface area contributed by atoms with Crippen molar-refractivity contribution in [1.82, 2.24) is 20.2 Å². The molecule has 2 aromatic rings. The number of H-pyrrole nitrogens is 1. The summed E-state index contributed by atoms with van der Waals surface area (Å²) >= 11 is 0. The Morgan fingerprint density at radius 3 is 2.96 bits per heavy atom. The van der Waals surface area contributed by atoms with Crippen LogP contribution in [0.5, 0.6) is 0 Å². The van der Waals surface area contributed by atoms with E-state index in [1.54, 1.807) is 6.20 Å². The number of rotatable bonds is 6. The van der Waals surface area contributed by atoms with Crippen LogP contribution in [0.3, 0.4) is 0 Å². The van der Waals surface area contributed by atoms with Gasteiger partial charge in [-0.15, -0.1) is 0 Å². The largest absolute Gasteiger partial charge is 0.373 e. The number of amides is 1. The minimum absolute atomic E-state index is 0.0185. The molecule has 2 N–H and O–H groups in total. The summed E-state index contributed by atoms with van der Waals surface area (Å²) in [7, 11) is 0. The molecule has 1 aliphatic rings. The lowest BCUT2D eigenvalue weighted by Crippen LogP contribution is -2.52. The van der Waals surface area contributed by atoms with Crippen LogP contribution in [0.2, 0.25) is 0 Å². The highest BCUT2D eigenvalue weighted by atomic mass is 16.5. The third kappa shape index (κ3) is 4.67. The van der Waals surface area contributed by atoms with Gasteiger partial charge in [0.25, 0.3) is 5.91 Å². The van der Waals surface area contributed by atoms with Crippen molar-refractivity contribution in [3.05, 3.63) is 53.6 Å². The summed E-state index contributed by atoms with van der Waals surface area (Å²) in [4.78, 5) is 21.9. The lowest BCUT2D eigenvalue weighted by Gasteiger charge is -2.36. The monoisotopic (exact) mass is 342 g/mol. The Morgan fingerprint density at radius 2 is 2.24 bits per heavy atom. The van der Waals surface area contributed by atoms with Crippen molar-refractivity contribution in [2.24, 2.45) is 0 Å². The van der Waals surface area contributed by atoms with E-state index in [-0.39, 0.29) is 18.1 Å². The average molecular weight is 342 g/mol. The van der Waals surface area contributed by atoms with E-state index in [0.717, 1.165) is 31.9 Å². The number of hydrogen-bond acceptors (Lipinski definition) is 4. The van der Waals surface area contributed by atoms with Crippen LogP contribution in [-0.4, -0.2) is 52.6 Å². The Hall–Kier alpha value is -2.18. The zero-order valence-corrected chi connectivity index (χ0v) is 14.9. The zero-order valence-electron chi connectivity index (χ0n) is 14.9. The first-order valence-corrected chi connectivity index (χ1v) is 8.88. The number of nitrogens with zero attached hydrogens (tertiary/aromatic N) is 2. The summed E-state index contributed by atoms with van der Waals surface area (Å²) in [5.74, 6) is 0.684. The van der Waals surface area contributed by atoms with Crippen LogP contribution in [-0.2, 0) is 17.7 Å². The molecule has 25 heavy (non-hydrogen) atoms. The van der Waals surface area contributed by atoms with Crippen LogP contribution >= 0.6 is 0 Å². The maximum Gasteiger partial charge on any atom is 0.269 e. The molecule has 1 fully saturated rings. The number of ether oxygens (including phenoxy) is 1. The number of aromatic nitrogens is 2. The fourth-order valence-corrected chi connectivity index (χ4v) is 3.05. The minimum Gasteiger partial charge on any atom is -0.373 e. The predicted octanol–water partition coefficient (Wildman–Crippen LogP) is 1.99. The second-order valence-corrected chi connectivity index (χ2v) is 6.49. The average Bonchev–Trinajstić information content (AvgIpc) is 3.12. The summed E-state index contributed by atoms with van der Waals surface area (Å²) in [6.45, 7) is 7.29. The van der Waals surface area contributed by atoms with Crippen molar-refractivity contribution in [3.63, 3.8) is 0 Å². The number of aromatic amines is 1. The van der Waals surface area contributed by atoms with E-state index >= 15 is 0 Å². The van der Waals surface area contributed by atoms with Crippen LogP contribution < -0.4 is 5.32 Å². The first kappa shape index (κ1) is 17.6. The maximum absolute atomic E-state index is 12.3. The highest BCUT2D eigenvalue weighted by Crippen LogP contribution is 2.13. The molecule has 134 valence electrons. The molecule has 1 aromatic heterocycles. The Balaban J connectivity index is 1.54. The SMILES string of the molecule is CCc1ncc(C(=O)N[C@H](C)[C@H]2CN(Cc3ccccc3)CCO2)[nH]1. The van der Waals surface area contributed by atoms with Crippen molar-refractivity contribution in [3.8, 4) is 0 Å². The molecule has 0 aliphatic carbocycles. The summed E-state index contributed by atoms with van der Waals surface area (Å²) in [5.41, 5.74) is 1.80. The second-order valence-electron chi connectivity index (χ2n) is 6.49. The standard InChI is InChI=1S/C19H26N4O2/c1-3-18-20-11-16(22-18)19(24)21-14(2)17-13-23(9-10-25-17)12-15-7-5-4-6-8-15/h4-8,11,14,17H,3,9-10,12-13H2,1-2H3,(H,20,22)(H,21,24)/t14-,17-/m1/s1. The summed E-state index contributed by atoms with van der Waals surface area (Å²) in [6, 6.07) is 10.4. The molecular weight excluding hydrogens is 316 g/mol. The van der Waals surface area contributed by atoms with Crippen LogP contribution in [0, 0.1) is 0 Å². The number of hydrogen-bond donors (Lipinski definition) is 2. The highest BCUT2D eigenvalue weighted by Gasteiger charge is 2.27. The molecule has 2 atom stereocenters. The summed E-state index contributed by atoms with van der Waals surface area (Å²) in [5, 5.41) is 3.03. The third-order valence-electron chi connectivity index (χ3n) is 4.55. The number of aryl methyl sites for hydroxylation is 1. The molecule has 6 nitrogen and oxygen atoms in total. The first-order chi connectivity index (χ1) is 12.2. The second kappa shape index (κ2) is 8.27. The lowest BCUT2D eigenvalue weighted by atomic mass is 10.1. The molecule has 2 heterocycles. The molecule has 0 radical (unpaired) electrons. The zero-order chi connectivity index (χ0) is 17.6. The van der Waals surface area contributed by atoms with E-state index in [1.165, 1.54) is 5.56 Å². The Labute approximate surface area is 148 Å². The number of carbonyl (C=O) groups excluding carboxylic acids is 1. The molecule has 1 aliphatic heterocycles. The van der Waals surface area contributed by atoms with Crippen molar-refractivity contribution >= 4 is 5.91 Å². The number of imidazole rings is 1. The molecule has 0 saturated carbocycles. The van der Waals surface area contributed by atoms with Crippen LogP contribution in [0.1, 0.15) is 35.7 Å². The van der Waals surface area contributed by atoms with E-state index in [4.69, 9.17) is 4.74 Å². The van der Waals surface area contributed by atoms with Crippen LogP contribution in [0.25, 0.3) is 0 Å². The first-order valence-electron chi connectivity index (χ1n) is 8.88. The molecule has 3 rings (SSSR count). The van der Waals surface area contributed by atoms with E-state index in [0.29, 0.717) is 12.3 Å². The minimum atomic E-state index is -0.136. The number of morpholine rings is 1. The van der Waals surface area contributed by atoms with Gasteiger partial charge in [0.15, 0.2) is 0 Å². The van der Waals surface area contributed by atoms with Gasteiger partial charge in [-0.1, -0.05) is 37.3 Å². The van der Waals surface area contributed by atoms with E-state index in [9.17, 15) is 4.79 Å². The lowest BCUT2D eigenvalue weighted by molar-refractivity contribution is -0.0449. The highest BCUT2D eigenvalue weighted by molar-refractivity contribution is 5.92. The van der Waals surface area contributed by atoms with Gasteiger partial charge in [-0.25, -0.2) is 4.98 Å². The van der Waals surface area contributed by atoms with Gasteiger partial charge in [-0.3, -0.25) is 9.69 Å². The predicted molar refractivity (Wildman–Crippen MR) is 96.4 cm³/mol. The Kier molecular flexibility index (Phi) is 5.83. The summed E-state index contributed by atoms with van der Waals surface area (Å²) < 4.78 is 5.89. The fraction of sp³-hybridized carbons (Fsp3) is 0.474. The molecular formula is C19H26N4O2. The molecule has 1 aromatic carbocycles. The van der Waals surface area contributed by atoms with Gasteiger partial charge in [0.1, 0.15) is 11.5 Å². The van der Waals surface area contributed by atoms with E-state index in [1.807, 2.05) is 19.9 Å². The van der Waals surface area contributed by atoms with E-state index < -0.39 is 0 Å². The van der Waals surface area contributed by atoms with Gasteiger partial charge in [0.2, 0.25) is 0 Å². The molecule has 6 heteroatoms. The Morgan fingerprint density at radius 1 is 1.44 bits per heavy atom. The molecule has 1 saturated heterocycles. The smallest absolute Gasteiger partial charge is 0.269 e. The van der Waals surface area contributed by atoms with Crippen LogP contribution in [0.15, 0.2) is 36.5 Å². The third-order valence-corrected chi connectivity index (χ3v) is 4.55. The molecule has 1 amide bonds. The topological polar surface area (TPSA) is 70.2 Å². The van der Waals surface area contributed by atoms with Gasteiger partial charge < -0.3 is 15.0 Å². The van der Waals surface area contributed by atoms with Crippen molar-refractivity contribution < 1.29 is 9.53 Å². The number of benzene rings is 1. The number of nitrogens with one attached hydrogen (secondary N) is 2. The number of carbonyl (C=O) groups is 1. The van der Waals surface area contributed by atoms with Crippen LogP contribution in [0.4, 0.5) is 0 Å². The Bertz CT molecular complexity index is 686. The van der Waals surface area contributed by atoms with Gasteiger partial charge in [-0.2, -0.15) is 0 Å². The summed E-state index contributed by atoms with van der Waals surface area (Å²) in [6.07, 6.45) is 2.35. The van der Waals surface area contributed by atoms with Gasteiger partial charge in [0, 0.05) is 26.1 Å². The van der Waals surface area contributed by atoms with Gasteiger partial charge in [-0.05, 0) is 12.5 Å².